The summed E-state index contributed by atoms with van der Waals surface area (Å²) in [5.41, 5.74) is 0. The minimum atomic E-state index is -0.0665. The maximum absolute atomic E-state index is 12.0. The van der Waals surface area contributed by atoms with Crippen molar-refractivity contribution in [2.75, 3.05) is 20.1 Å². The zero-order valence-electron chi connectivity index (χ0n) is 11.9. The quantitative estimate of drug-likeness (QED) is 0.939. The van der Waals surface area contributed by atoms with Crippen molar-refractivity contribution >= 4 is 28.8 Å². The first-order chi connectivity index (χ1) is 10.3. The SMILES string of the molecule is CN1CCC[C@@H](CNC(=O)c2cnns2)[C@H]1c1cccs1. The largest absolute Gasteiger partial charge is 0.351 e. The second-order valence-electron chi connectivity index (χ2n) is 5.33. The summed E-state index contributed by atoms with van der Waals surface area (Å²) >= 11 is 2.93. The topological polar surface area (TPSA) is 58.1 Å². The molecule has 1 saturated heterocycles. The summed E-state index contributed by atoms with van der Waals surface area (Å²) in [7, 11) is 2.17. The highest BCUT2D eigenvalue weighted by atomic mass is 32.1. The van der Waals surface area contributed by atoms with Crippen LogP contribution in [0.1, 0.15) is 33.4 Å². The number of nitrogens with one attached hydrogen (secondary N) is 1. The molecule has 21 heavy (non-hydrogen) atoms. The van der Waals surface area contributed by atoms with Gasteiger partial charge >= 0.3 is 0 Å². The van der Waals surface area contributed by atoms with E-state index in [2.05, 4.69) is 44.4 Å². The molecule has 2 atom stereocenters. The van der Waals surface area contributed by atoms with Crippen LogP contribution >= 0.6 is 22.9 Å². The van der Waals surface area contributed by atoms with Crippen LogP contribution in [-0.4, -0.2) is 40.5 Å². The van der Waals surface area contributed by atoms with Crippen LogP contribution in [-0.2, 0) is 0 Å². The van der Waals surface area contributed by atoms with E-state index >= 15 is 0 Å². The molecule has 1 fully saturated rings. The molecule has 0 bridgehead atoms. The average Bonchev–Trinajstić information content (AvgIpc) is 3.17. The minimum Gasteiger partial charge on any atom is -0.351 e. The number of hydrogen-bond acceptors (Lipinski definition) is 6. The van der Waals surface area contributed by atoms with Gasteiger partial charge in [0, 0.05) is 17.5 Å². The van der Waals surface area contributed by atoms with Crippen molar-refractivity contribution < 1.29 is 4.79 Å². The van der Waals surface area contributed by atoms with Gasteiger partial charge in [0.2, 0.25) is 0 Å². The van der Waals surface area contributed by atoms with Crippen molar-refractivity contribution in [1.82, 2.24) is 19.8 Å². The van der Waals surface area contributed by atoms with Gasteiger partial charge in [-0.1, -0.05) is 10.6 Å². The summed E-state index contributed by atoms with van der Waals surface area (Å²) in [6, 6.07) is 4.69. The Kier molecular flexibility index (Phi) is 4.62. The lowest BCUT2D eigenvalue weighted by Gasteiger charge is -2.38. The van der Waals surface area contributed by atoms with Crippen molar-refractivity contribution in [2.24, 2.45) is 5.92 Å². The van der Waals surface area contributed by atoms with E-state index in [-0.39, 0.29) is 5.91 Å². The summed E-state index contributed by atoms with van der Waals surface area (Å²) in [6.45, 7) is 1.81. The van der Waals surface area contributed by atoms with Crippen molar-refractivity contribution in [3.63, 3.8) is 0 Å². The van der Waals surface area contributed by atoms with Gasteiger partial charge in [-0.2, -0.15) is 0 Å². The molecule has 0 saturated carbocycles. The van der Waals surface area contributed by atoms with E-state index in [1.807, 2.05) is 0 Å². The molecule has 1 amide bonds. The standard InChI is InChI=1S/C14H18N4OS2/c1-18-6-2-4-10(13(18)11-5-3-7-20-11)8-15-14(19)12-9-16-17-21-12/h3,5,7,9-10,13H,2,4,6,8H2,1H3,(H,15,19)/t10-,13-/m0/s1. The molecule has 1 N–H and O–H groups in total. The molecular weight excluding hydrogens is 304 g/mol. The Hall–Kier alpha value is -1.31. The van der Waals surface area contributed by atoms with Gasteiger partial charge in [-0.3, -0.25) is 9.69 Å². The Balaban J connectivity index is 1.66. The summed E-state index contributed by atoms with van der Waals surface area (Å²) in [4.78, 5) is 16.4. The van der Waals surface area contributed by atoms with Crippen LogP contribution in [0.25, 0.3) is 0 Å². The van der Waals surface area contributed by atoms with E-state index in [1.54, 1.807) is 11.3 Å². The summed E-state index contributed by atoms with van der Waals surface area (Å²) in [5, 5.41) is 8.86. The van der Waals surface area contributed by atoms with Crippen LogP contribution in [0.4, 0.5) is 0 Å². The zero-order chi connectivity index (χ0) is 14.7. The Labute approximate surface area is 132 Å². The predicted octanol–water partition coefficient (Wildman–Crippen LogP) is 2.41. The van der Waals surface area contributed by atoms with E-state index < -0.39 is 0 Å². The third-order valence-electron chi connectivity index (χ3n) is 3.95. The molecule has 3 rings (SSSR count). The van der Waals surface area contributed by atoms with Gasteiger partial charge in [-0.05, 0) is 55.3 Å². The van der Waals surface area contributed by atoms with E-state index in [4.69, 9.17) is 0 Å². The first-order valence-corrected chi connectivity index (χ1v) is 8.70. The lowest BCUT2D eigenvalue weighted by atomic mass is 9.88. The number of piperidine rings is 1. The number of carbonyl (C=O) groups excluding carboxylic acids is 1. The minimum absolute atomic E-state index is 0.0665. The van der Waals surface area contributed by atoms with Crippen LogP contribution in [0.5, 0.6) is 0 Å². The van der Waals surface area contributed by atoms with Crippen molar-refractivity contribution in [3.05, 3.63) is 33.5 Å². The fourth-order valence-corrected chi connectivity index (χ4v) is 4.38. The van der Waals surface area contributed by atoms with Crippen LogP contribution in [0.3, 0.4) is 0 Å². The molecule has 0 unspecified atom stereocenters. The van der Waals surface area contributed by atoms with Gasteiger partial charge in [-0.25, -0.2) is 0 Å². The second kappa shape index (κ2) is 6.64. The predicted molar refractivity (Wildman–Crippen MR) is 84.7 cm³/mol. The Morgan fingerprint density at radius 1 is 1.57 bits per heavy atom. The maximum Gasteiger partial charge on any atom is 0.264 e. The highest BCUT2D eigenvalue weighted by Gasteiger charge is 2.31. The third kappa shape index (κ3) is 3.30. The zero-order valence-corrected chi connectivity index (χ0v) is 13.5. The van der Waals surface area contributed by atoms with Crippen LogP contribution in [0.2, 0.25) is 0 Å². The Morgan fingerprint density at radius 2 is 2.48 bits per heavy atom. The van der Waals surface area contributed by atoms with E-state index in [9.17, 15) is 4.79 Å². The molecule has 5 nitrogen and oxygen atoms in total. The van der Waals surface area contributed by atoms with Gasteiger partial charge in [0.1, 0.15) is 4.88 Å². The molecule has 0 aromatic carbocycles. The molecule has 0 radical (unpaired) electrons. The van der Waals surface area contributed by atoms with Gasteiger partial charge in [0.15, 0.2) is 0 Å². The van der Waals surface area contributed by atoms with Gasteiger partial charge in [0.25, 0.3) is 5.91 Å². The molecule has 3 heterocycles. The molecule has 1 aliphatic rings. The Morgan fingerprint density at radius 3 is 3.19 bits per heavy atom. The number of likely N-dealkylation sites (tertiary alicyclic amines) is 1. The fraction of sp³-hybridized carbons (Fsp3) is 0.500. The van der Waals surface area contributed by atoms with Crippen molar-refractivity contribution in [3.8, 4) is 0 Å². The molecule has 0 aliphatic carbocycles. The maximum atomic E-state index is 12.0. The summed E-state index contributed by atoms with van der Waals surface area (Å²) in [6.07, 6.45) is 3.85. The highest BCUT2D eigenvalue weighted by Crippen LogP contribution is 2.36. The van der Waals surface area contributed by atoms with Crippen LogP contribution in [0, 0.1) is 5.92 Å². The molecule has 2 aromatic heterocycles. The van der Waals surface area contributed by atoms with E-state index in [0.717, 1.165) is 24.5 Å². The smallest absolute Gasteiger partial charge is 0.264 e. The van der Waals surface area contributed by atoms with Crippen molar-refractivity contribution in [1.29, 1.82) is 0 Å². The second-order valence-corrected chi connectivity index (χ2v) is 7.10. The number of carbonyl (C=O) groups is 1. The number of thiophene rings is 1. The third-order valence-corrected chi connectivity index (χ3v) is 5.56. The molecule has 0 spiro atoms. The lowest BCUT2D eigenvalue weighted by molar-refractivity contribution is 0.0899. The molecule has 2 aromatic rings. The van der Waals surface area contributed by atoms with E-state index in [1.165, 1.54) is 17.5 Å². The molecule has 7 heteroatoms. The molecular formula is C14H18N4OS2. The first kappa shape index (κ1) is 14.6. The Bertz CT molecular complexity index is 570. The van der Waals surface area contributed by atoms with Crippen LogP contribution in [0.15, 0.2) is 23.7 Å². The summed E-state index contributed by atoms with van der Waals surface area (Å²) in [5.74, 6) is 0.385. The summed E-state index contributed by atoms with van der Waals surface area (Å²) < 4.78 is 3.73. The molecule has 1 aliphatic heterocycles. The highest BCUT2D eigenvalue weighted by molar-refractivity contribution is 7.10. The fourth-order valence-electron chi connectivity index (χ4n) is 2.96. The first-order valence-electron chi connectivity index (χ1n) is 7.05. The number of hydrogen-bond donors (Lipinski definition) is 1. The van der Waals surface area contributed by atoms with Gasteiger partial charge < -0.3 is 5.32 Å². The number of nitrogens with zero attached hydrogens (tertiary/aromatic N) is 3. The van der Waals surface area contributed by atoms with Crippen molar-refractivity contribution in [2.45, 2.75) is 18.9 Å². The van der Waals surface area contributed by atoms with Crippen LogP contribution < -0.4 is 5.32 Å². The number of rotatable bonds is 4. The molecule has 112 valence electrons. The van der Waals surface area contributed by atoms with Gasteiger partial charge in [-0.15, -0.1) is 16.4 Å². The van der Waals surface area contributed by atoms with Gasteiger partial charge in [0.05, 0.1) is 6.20 Å². The number of amides is 1. The normalized spacial score (nSPS) is 23.1. The lowest BCUT2D eigenvalue weighted by Crippen LogP contribution is -2.41. The number of aromatic nitrogens is 2. The monoisotopic (exact) mass is 322 g/mol. The van der Waals surface area contributed by atoms with E-state index in [0.29, 0.717) is 23.4 Å². The average molecular weight is 322 g/mol.